The second-order valence-corrected chi connectivity index (χ2v) is 4.77. The van der Waals surface area contributed by atoms with Crippen LogP contribution < -0.4 is 5.73 Å². The zero-order valence-electron chi connectivity index (χ0n) is 10.5. The Kier molecular flexibility index (Phi) is 4.45. The van der Waals surface area contributed by atoms with E-state index < -0.39 is 0 Å². The molecule has 0 aliphatic carbocycles. The maximum Gasteiger partial charge on any atom is 0.115 e. The van der Waals surface area contributed by atoms with Crippen LogP contribution in [0.1, 0.15) is 37.9 Å². The van der Waals surface area contributed by atoms with Gasteiger partial charge in [-0.15, -0.1) is 0 Å². The Morgan fingerprint density at radius 1 is 1.47 bits per heavy atom. The minimum Gasteiger partial charge on any atom is -0.329 e. The number of aromatic nitrogens is 2. The fourth-order valence-corrected chi connectivity index (χ4v) is 2.63. The molecule has 2 heterocycles. The van der Waals surface area contributed by atoms with E-state index in [2.05, 4.69) is 21.8 Å². The molecule has 0 radical (unpaired) electrons. The molecular formula is C13H22N4. The lowest BCUT2D eigenvalue weighted by atomic mass is 9.93. The molecule has 1 aromatic rings. The van der Waals surface area contributed by atoms with E-state index in [1.165, 1.54) is 19.3 Å². The van der Waals surface area contributed by atoms with Gasteiger partial charge in [0.25, 0.3) is 0 Å². The summed E-state index contributed by atoms with van der Waals surface area (Å²) >= 11 is 0. The molecule has 0 amide bonds. The average molecular weight is 234 g/mol. The molecule has 4 nitrogen and oxygen atoms in total. The van der Waals surface area contributed by atoms with Crippen molar-refractivity contribution in [1.82, 2.24) is 14.9 Å². The highest BCUT2D eigenvalue weighted by atomic mass is 15.2. The monoisotopic (exact) mass is 234 g/mol. The number of hydrogen-bond donors (Lipinski definition) is 1. The Morgan fingerprint density at radius 2 is 2.24 bits per heavy atom. The Hall–Kier alpha value is -1.00. The third-order valence-electron chi connectivity index (χ3n) is 3.84. The fourth-order valence-electron chi connectivity index (χ4n) is 2.63. The molecule has 0 saturated carbocycles. The van der Waals surface area contributed by atoms with Crippen molar-refractivity contribution in [3.63, 3.8) is 0 Å². The van der Waals surface area contributed by atoms with E-state index in [0.29, 0.717) is 6.54 Å². The van der Waals surface area contributed by atoms with Crippen molar-refractivity contribution < 1.29 is 0 Å². The summed E-state index contributed by atoms with van der Waals surface area (Å²) in [7, 11) is 0. The molecule has 0 bridgehead atoms. The summed E-state index contributed by atoms with van der Waals surface area (Å²) in [5.41, 5.74) is 6.95. The quantitative estimate of drug-likeness (QED) is 0.859. The lowest BCUT2D eigenvalue weighted by Gasteiger charge is -2.36. The second-order valence-electron chi connectivity index (χ2n) is 4.77. The largest absolute Gasteiger partial charge is 0.329 e. The summed E-state index contributed by atoms with van der Waals surface area (Å²) in [6.45, 7) is 5.20. The Labute approximate surface area is 103 Å². The van der Waals surface area contributed by atoms with Crippen LogP contribution in [-0.2, 0) is 0 Å². The highest BCUT2D eigenvalue weighted by Gasteiger charge is 2.25. The van der Waals surface area contributed by atoms with Crippen molar-refractivity contribution in [1.29, 1.82) is 0 Å². The van der Waals surface area contributed by atoms with Gasteiger partial charge in [-0.1, -0.05) is 13.3 Å². The van der Waals surface area contributed by atoms with Crippen LogP contribution in [0.4, 0.5) is 0 Å². The van der Waals surface area contributed by atoms with Crippen molar-refractivity contribution >= 4 is 0 Å². The van der Waals surface area contributed by atoms with Gasteiger partial charge in [0.15, 0.2) is 0 Å². The lowest BCUT2D eigenvalue weighted by Crippen LogP contribution is -2.40. The standard InChI is InChI=1S/C13H22N4/c1-2-11-4-7-17(8-5-11)13(9-14)12-3-6-15-10-16-12/h3,6,10-11,13H,2,4-5,7-9,14H2,1H3. The molecular weight excluding hydrogens is 212 g/mol. The lowest BCUT2D eigenvalue weighted by molar-refractivity contribution is 0.131. The van der Waals surface area contributed by atoms with Crippen molar-refractivity contribution in [3.8, 4) is 0 Å². The van der Waals surface area contributed by atoms with Crippen LogP contribution in [-0.4, -0.2) is 34.5 Å². The maximum absolute atomic E-state index is 5.90. The van der Waals surface area contributed by atoms with Crippen molar-refractivity contribution in [2.24, 2.45) is 11.7 Å². The van der Waals surface area contributed by atoms with Crippen LogP contribution in [0, 0.1) is 5.92 Å². The third-order valence-corrected chi connectivity index (χ3v) is 3.84. The summed E-state index contributed by atoms with van der Waals surface area (Å²) < 4.78 is 0. The summed E-state index contributed by atoms with van der Waals surface area (Å²) in [6.07, 6.45) is 7.28. The molecule has 1 atom stereocenters. The number of hydrogen-bond acceptors (Lipinski definition) is 4. The van der Waals surface area contributed by atoms with Gasteiger partial charge < -0.3 is 5.73 Å². The highest BCUT2D eigenvalue weighted by Crippen LogP contribution is 2.26. The molecule has 1 aliphatic rings. The first kappa shape index (κ1) is 12.5. The fraction of sp³-hybridized carbons (Fsp3) is 0.692. The predicted octanol–water partition coefficient (Wildman–Crippen LogP) is 1.60. The maximum atomic E-state index is 5.90. The molecule has 0 spiro atoms. The summed E-state index contributed by atoms with van der Waals surface area (Å²) in [6, 6.07) is 2.24. The van der Waals surface area contributed by atoms with E-state index in [0.717, 1.165) is 24.7 Å². The van der Waals surface area contributed by atoms with Crippen LogP contribution in [0.5, 0.6) is 0 Å². The molecule has 1 unspecified atom stereocenters. The highest BCUT2D eigenvalue weighted by molar-refractivity contribution is 5.06. The molecule has 1 fully saturated rings. The van der Waals surface area contributed by atoms with Gasteiger partial charge in [0.1, 0.15) is 6.33 Å². The van der Waals surface area contributed by atoms with E-state index in [9.17, 15) is 0 Å². The van der Waals surface area contributed by atoms with Crippen LogP contribution in [0.3, 0.4) is 0 Å². The zero-order chi connectivity index (χ0) is 12.1. The Bertz CT molecular complexity index is 319. The zero-order valence-corrected chi connectivity index (χ0v) is 10.5. The SMILES string of the molecule is CCC1CCN(C(CN)c2ccncn2)CC1. The summed E-state index contributed by atoms with van der Waals surface area (Å²) in [4.78, 5) is 10.8. The van der Waals surface area contributed by atoms with Gasteiger partial charge in [-0.05, 0) is 37.9 Å². The molecule has 4 heteroatoms. The smallest absolute Gasteiger partial charge is 0.115 e. The van der Waals surface area contributed by atoms with E-state index in [1.54, 1.807) is 12.5 Å². The van der Waals surface area contributed by atoms with E-state index in [4.69, 9.17) is 5.73 Å². The first-order valence-corrected chi connectivity index (χ1v) is 6.55. The molecule has 0 aromatic carbocycles. The minimum absolute atomic E-state index is 0.260. The van der Waals surface area contributed by atoms with Crippen LogP contribution >= 0.6 is 0 Å². The van der Waals surface area contributed by atoms with Crippen molar-refractivity contribution in [2.75, 3.05) is 19.6 Å². The molecule has 2 N–H and O–H groups in total. The Balaban J connectivity index is 2.00. The van der Waals surface area contributed by atoms with Gasteiger partial charge in [0.2, 0.25) is 0 Å². The van der Waals surface area contributed by atoms with Gasteiger partial charge in [-0.2, -0.15) is 0 Å². The minimum atomic E-state index is 0.260. The third kappa shape index (κ3) is 3.01. The topological polar surface area (TPSA) is 55.0 Å². The summed E-state index contributed by atoms with van der Waals surface area (Å²) in [5, 5.41) is 0. The van der Waals surface area contributed by atoms with Crippen molar-refractivity contribution in [3.05, 3.63) is 24.3 Å². The van der Waals surface area contributed by atoms with Gasteiger partial charge >= 0.3 is 0 Å². The normalized spacial score (nSPS) is 20.4. The average Bonchev–Trinajstić information content (AvgIpc) is 2.42. The molecule has 94 valence electrons. The van der Waals surface area contributed by atoms with Gasteiger partial charge in [-0.25, -0.2) is 9.97 Å². The molecule has 1 aliphatic heterocycles. The predicted molar refractivity (Wildman–Crippen MR) is 68.4 cm³/mol. The summed E-state index contributed by atoms with van der Waals surface area (Å²) in [5.74, 6) is 0.898. The first-order chi connectivity index (χ1) is 8.35. The Morgan fingerprint density at radius 3 is 2.76 bits per heavy atom. The number of piperidine rings is 1. The second kappa shape index (κ2) is 6.07. The molecule has 1 aromatic heterocycles. The number of rotatable bonds is 4. The molecule has 17 heavy (non-hydrogen) atoms. The van der Waals surface area contributed by atoms with Gasteiger partial charge in [0.05, 0.1) is 11.7 Å². The van der Waals surface area contributed by atoms with E-state index in [-0.39, 0.29) is 6.04 Å². The van der Waals surface area contributed by atoms with Crippen molar-refractivity contribution in [2.45, 2.75) is 32.2 Å². The van der Waals surface area contributed by atoms with E-state index in [1.807, 2.05) is 6.07 Å². The molecule has 1 saturated heterocycles. The van der Waals surface area contributed by atoms with Gasteiger partial charge in [0, 0.05) is 12.7 Å². The van der Waals surface area contributed by atoms with Crippen LogP contribution in [0.2, 0.25) is 0 Å². The van der Waals surface area contributed by atoms with Gasteiger partial charge in [-0.3, -0.25) is 4.90 Å². The van der Waals surface area contributed by atoms with E-state index >= 15 is 0 Å². The molecule has 2 rings (SSSR count). The number of nitrogens with two attached hydrogens (primary N) is 1. The number of nitrogens with zero attached hydrogens (tertiary/aromatic N) is 3. The van der Waals surface area contributed by atoms with Crippen LogP contribution in [0.25, 0.3) is 0 Å². The first-order valence-electron chi connectivity index (χ1n) is 6.55. The number of likely N-dealkylation sites (tertiary alicyclic amines) is 1. The van der Waals surface area contributed by atoms with Crippen LogP contribution in [0.15, 0.2) is 18.6 Å².